The summed E-state index contributed by atoms with van der Waals surface area (Å²) in [6.45, 7) is 3.51. The maximum absolute atomic E-state index is 14.2. The van der Waals surface area contributed by atoms with Crippen LogP contribution in [0.3, 0.4) is 0 Å². The summed E-state index contributed by atoms with van der Waals surface area (Å²) in [7, 11) is 0. The highest BCUT2D eigenvalue weighted by Gasteiger charge is 2.39. The highest BCUT2D eigenvalue weighted by atomic mass is 19.1. The van der Waals surface area contributed by atoms with Gasteiger partial charge in [-0.25, -0.2) is 8.78 Å². The van der Waals surface area contributed by atoms with Gasteiger partial charge in [0.2, 0.25) is 5.91 Å². The highest BCUT2D eigenvalue weighted by molar-refractivity contribution is 5.94. The molecule has 1 aliphatic heterocycles. The average Bonchev–Trinajstić information content (AvgIpc) is 3.34. The molecule has 0 bridgehead atoms. The van der Waals surface area contributed by atoms with Gasteiger partial charge in [0.25, 0.3) is 5.91 Å². The number of rotatable bonds is 7. The van der Waals surface area contributed by atoms with E-state index in [1.165, 1.54) is 37.8 Å². The van der Waals surface area contributed by atoms with Gasteiger partial charge in [-0.15, -0.1) is 0 Å². The summed E-state index contributed by atoms with van der Waals surface area (Å²) in [5.74, 6) is -1.79. The Morgan fingerprint density at radius 3 is 2.54 bits per heavy atom. The smallest absolute Gasteiger partial charge is 0.273 e. The van der Waals surface area contributed by atoms with Crippen molar-refractivity contribution in [1.29, 1.82) is 0 Å². The molecule has 3 atom stereocenters. The van der Waals surface area contributed by atoms with Crippen LogP contribution in [0.1, 0.15) is 75.2 Å². The van der Waals surface area contributed by atoms with Crippen molar-refractivity contribution >= 4 is 11.8 Å². The molecule has 0 spiro atoms. The van der Waals surface area contributed by atoms with Crippen LogP contribution in [-0.2, 0) is 4.79 Å². The molecule has 1 aromatic heterocycles. The van der Waals surface area contributed by atoms with Crippen molar-refractivity contribution in [2.75, 3.05) is 13.1 Å². The van der Waals surface area contributed by atoms with Gasteiger partial charge in [-0.05, 0) is 57.1 Å². The van der Waals surface area contributed by atoms with Gasteiger partial charge < -0.3 is 15.2 Å². The summed E-state index contributed by atoms with van der Waals surface area (Å²) in [4.78, 5) is 29.0. The number of aromatic nitrogens is 1. The minimum atomic E-state index is -0.796. The summed E-state index contributed by atoms with van der Waals surface area (Å²) in [6, 6.07) is 4.73. The molecule has 9 heteroatoms. The van der Waals surface area contributed by atoms with Gasteiger partial charge in [-0.2, -0.15) is 0 Å². The summed E-state index contributed by atoms with van der Waals surface area (Å²) in [6.07, 6.45) is 10.2. The third-order valence-corrected chi connectivity index (χ3v) is 8.55. The molecule has 2 aromatic rings. The van der Waals surface area contributed by atoms with Crippen LogP contribution in [0, 0.1) is 23.5 Å². The first kappa shape index (κ1) is 25.8. The van der Waals surface area contributed by atoms with Gasteiger partial charge >= 0.3 is 0 Å². The lowest BCUT2D eigenvalue weighted by atomic mass is 9.80. The van der Waals surface area contributed by atoms with Crippen molar-refractivity contribution in [2.24, 2.45) is 11.8 Å². The van der Waals surface area contributed by atoms with Crippen LogP contribution < -0.4 is 10.6 Å². The Balaban J connectivity index is 1.28. The third kappa shape index (κ3) is 5.87. The van der Waals surface area contributed by atoms with Crippen molar-refractivity contribution in [3.05, 3.63) is 41.6 Å². The molecule has 0 unspecified atom stereocenters. The Bertz CT molecular complexity index is 1110. The maximum Gasteiger partial charge on any atom is 0.273 e. The Labute approximate surface area is 216 Å². The van der Waals surface area contributed by atoms with Gasteiger partial charge in [-0.3, -0.25) is 14.5 Å². The molecule has 3 aliphatic rings. The Morgan fingerprint density at radius 2 is 1.84 bits per heavy atom. The van der Waals surface area contributed by atoms with Crippen molar-refractivity contribution in [2.45, 2.75) is 82.8 Å². The molecular formula is C28H36F2N4O3. The lowest BCUT2D eigenvalue weighted by Gasteiger charge is -2.43. The number of hydrogen-bond acceptors (Lipinski definition) is 5. The molecule has 2 aliphatic carbocycles. The van der Waals surface area contributed by atoms with Gasteiger partial charge in [0.1, 0.15) is 11.6 Å². The van der Waals surface area contributed by atoms with Crippen LogP contribution in [-0.4, -0.2) is 53.1 Å². The molecule has 1 aromatic carbocycles. The summed E-state index contributed by atoms with van der Waals surface area (Å²) >= 11 is 0. The van der Waals surface area contributed by atoms with E-state index in [1.807, 2.05) is 0 Å². The van der Waals surface area contributed by atoms with E-state index in [-0.39, 0.29) is 40.9 Å². The molecule has 200 valence electrons. The monoisotopic (exact) mass is 514 g/mol. The first-order valence-electron chi connectivity index (χ1n) is 13.7. The van der Waals surface area contributed by atoms with Crippen LogP contribution in [0.15, 0.2) is 28.8 Å². The number of carbonyl (C=O) groups is 2. The standard InChI is InChI=1S/C28H36F2N4O3/c1-17(18-6-5-7-18)31-27(35)22-16-34(20-8-3-2-4-9-20)13-12-24(22)32-28(36)25-15-26(37-33-25)21-11-10-19(29)14-23(21)30/h10-11,14-15,17-18,20,22,24H,2-9,12-13,16H2,1H3,(H,31,35)(H,32,36)/t17-,22-,24-/m1/s1. The molecule has 2 N–H and O–H groups in total. The van der Waals surface area contributed by atoms with Crippen LogP contribution in [0.5, 0.6) is 0 Å². The van der Waals surface area contributed by atoms with Crippen LogP contribution in [0.25, 0.3) is 11.3 Å². The van der Waals surface area contributed by atoms with Gasteiger partial charge in [0, 0.05) is 43.3 Å². The summed E-state index contributed by atoms with van der Waals surface area (Å²) in [5.41, 5.74) is 0.0198. The average molecular weight is 515 g/mol. The zero-order valence-corrected chi connectivity index (χ0v) is 21.3. The fourth-order valence-electron chi connectivity index (χ4n) is 6.02. The van der Waals surface area contributed by atoms with E-state index in [1.54, 1.807) is 0 Å². The van der Waals surface area contributed by atoms with E-state index >= 15 is 0 Å². The molecule has 2 amide bonds. The molecule has 3 fully saturated rings. The number of hydrogen-bond donors (Lipinski definition) is 2. The van der Waals surface area contributed by atoms with E-state index in [0.29, 0.717) is 24.9 Å². The Morgan fingerprint density at radius 1 is 1.05 bits per heavy atom. The fraction of sp³-hybridized carbons (Fsp3) is 0.607. The molecular weight excluding hydrogens is 478 g/mol. The van der Waals surface area contributed by atoms with E-state index in [4.69, 9.17) is 4.52 Å². The van der Waals surface area contributed by atoms with Crippen molar-refractivity contribution in [1.82, 2.24) is 20.7 Å². The van der Waals surface area contributed by atoms with E-state index < -0.39 is 17.5 Å². The zero-order chi connectivity index (χ0) is 25.9. The molecule has 2 heterocycles. The molecule has 5 rings (SSSR count). The predicted octanol–water partition coefficient (Wildman–Crippen LogP) is 4.68. The second-order valence-corrected chi connectivity index (χ2v) is 11.0. The molecule has 7 nitrogen and oxygen atoms in total. The number of halogens is 2. The number of likely N-dealkylation sites (tertiary alicyclic amines) is 1. The summed E-state index contributed by atoms with van der Waals surface area (Å²) < 4.78 is 32.6. The first-order chi connectivity index (χ1) is 17.9. The van der Waals surface area contributed by atoms with Crippen molar-refractivity contribution < 1.29 is 22.9 Å². The summed E-state index contributed by atoms with van der Waals surface area (Å²) in [5, 5.41) is 10.0. The van der Waals surface area contributed by atoms with Crippen molar-refractivity contribution in [3.8, 4) is 11.3 Å². The molecule has 0 radical (unpaired) electrons. The number of benzene rings is 1. The SMILES string of the molecule is C[C@@H](NC(=O)[C@@H]1CN(C2CCCCC2)CC[C@H]1NC(=O)c1cc(-c2ccc(F)cc2F)on1)C1CCC1. The first-order valence-corrected chi connectivity index (χ1v) is 13.7. The number of carbonyl (C=O) groups excluding carboxylic acids is 2. The minimum Gasteiger partial charge on any atom is -0.355 e. The van der Waals surface area contributed by atoms with Crippen LogP contribution >= 0.6 is 0 Å². The zero-order valence-electron chi connectivity index (χ0n) is 21.3. The number of nitrogens with one attached hydrogen (secondary N) is 2. The van der Waals surface area contributed by atoms with Crippen LogP contribution in [0.4, 0.5) is 8.78 Å². The van der Waals surface area contributed by atoms with E-state index in [9.17, 15) is 18.4 Å². The number of amides is 2. The lowest BCUT2D eigenvalue weighted by Crippen LogP contribution is -2.59. The van der Waals surface area contributed by atoms with Gasteiger partial charge in [0.15, 0.2) is 11.5 Å². The minimum absolute atomic E-state index is 0.00423. The normalized spacial score (nSPS) is 24.3. The molecule has 2 saturated carbocycles. The van der Waals surface area contributed by atoms with Crippen molar-refractivity contribution in [3.63, 3.8) is 0 Å². The van der Waals surface area contributed by atoms with Gasteiger partial charge in [0.05, 0.1) is 11.5 Å². The second kappa shape index (κ2) is 11.3. The van der Waals surface area contributed by atoms with E-state index in [0.717, 1.165) is 44.4 Å². The molecule has 37 heavy (non-hydrogen) atoms. The van der Waals surface area contributed by atoms with E-state index in [2.05, 4.69) is 27.6 Å². The quantitative estimate of drug-likeness (QED) is 0.560. The largest absolute Gasteiger partial charge is 0.355 e. The fourth-order valence-corrected chi connectivity index (χ4v) is 6.02. The van der Waals surface area contributed by atoms with Gasteiger partial charge in [-0.1, -0.05) is 30.8 Å². The topological polar surface area (TPSA) is 87.5 Å². The van der Waals surface area contributed by atoms with Crippen LogP contribution in [0.2, 0.25) is 0 Å². The highest BCUT2D eigenvalue weighted by Crippen LogP contribution is 2.31. The second-order valence-electron chi connectivity index (χ2n) is 11.0. The number of nitrogens with zero attached hydrogens (tertiary/aromatic N) is 2. The Hall–Kier alpha value is -2.81. The third-order valence-electron chi connectivity index (χ3n) is 8.55. The maximum atomic E-state index is 14.2. The lowest BCUT2D eigenvalue weighted by molar-refractivity contribution is -0.129. The number of piperidine rings is 1. The predicted molar refractivity (Wildman–Crippen MR) is 135 cm³/mol. The Kier molecular flexibility index (Phi) is 7.88. The molecule has 1 saturated heterocycles.